The number of benzene rings is 2. The van der Waals surface area contributed by atoms with E-state index >= 15 is 0 Å². The molecule has 3 nitrogen and oxygen atoms in total. The number of halogens is 1. The predicted molar refractivity (Wildman–Crippen MR) is 77.4 cm³/mol. The molecule has 3 rings (SSSR count). The van der Waals surface area contributed by atoms with Crippen LogP contribution in [0.3, 0.4) is 0 Å². The quantitative estimate of drug-likeness (QED) is 0.713. The van der Waals surface area contributed by atoms with Crippen LogP contribution in [0.25, 0.3) is 11.3 Å². The topological polar surface area (TPSA) is 35.3 Å². The first-order valence-corrected chi connectivity index (χ1v) is 6.62. The van der Waals surface area contributed by atoms with Crippen molar-refractivity contribution in [3.05, 3.63) is 71.7 Å². The van der Waals surface area contributed by atoms with E-state index in [0.717, 1.165) is 17.0 Å². The van der Waals surface area contributed by atoms with Gasteiger partial charge in [0.05, 0.1) is 0 Å². The van der Waals surface area contributed by atoms with E-state index in [-0.39, 0.29) is 12.4 Å². The van der Waals surface area contributed by atoms with Crippen molar-refractivity contribution in [3.63, 3.8) is 0 Å². The lowest BCUT2D eigenvalue weighted by Gasteiger charge is -2.07. The highest BCUT2D eigenvalue weighted by molar-refractivity contribution is 5.59. The lowest BCUT2D eigenvalue weighted by atomic mass is 10.1. The van der Waals surface area contributed by atoms with Crippen molar-refractivity contribution in [1.29, 1.82) is 0 Å². The number of rotatable bonds is 4. The van der Waals surface area contributed by atoms with E-state index < -0.39 is 0 Å². The first kappa shape index (κ1) is 13.4. The average molecular weight is 283 g/mol. The van der Waals surface area contributed by atoms with Gasteiger partial charge in [-0.25, -0.2) is 4.39 Å². The summed E-state index contributed by atoms with van der Waals surface area (Å²) in [5.41, 5.74) is 2.27. The van der Waals surface area contributed by atoms with Gasteiger partial charge in [-0.15, -0.1) is 0 Å². The van der Waals surface area contributed by atoms with Crippen LogP contribution in [0.5, 0.6) is 5.75 Å². The summed E-state index contributed by atoms with van der Waals surface area (Å²) in [6.45, 7) is 2.05. The van der Waals surface area contributed by atoms with Crippen LogP contribution < -0.4 is 4.74 Å². The van der Waals surface area contributed by atoms with Gasteiger partial charge in [0.15, 0.2) is 0 Å². The van der Waals surface area contributed by atoms with Crippen LogP contribution >= 0.6 is 0 Å². The van der Waals surface area contributed by atoms with Crippen LogP contribution in [-0.4, -0.2) is 5.16 Å². The molecule has 0 atom stereocenters. The van der Waals surface area contributed by atoms with Crippen molar-refractivity contribution in [1.82, 2.24) is 5.16 Å². The zero-order valence-electron chi connectivity index (χ0n) is 11.5. The van der Waals surface area contributed by atoms with Gasteiger partial charge in [0, 0.05) is 17.2 Å². The van der Waals surface area contributed by atoms with Crippen molar-refractivity contribution < 1.29 is 13.7 Å². The van der Waals surface area contributed by atoms with Crippen LogP contribution in [0.2, 0.25) is 0 Å². The largest absolute Gasteiger partial charge is 0.489 e. The molecule has 4 heteroatoms. The Morgan fingerprint density at radius 1 is 1.10 bits per heavy atom. The number of ether oxygens (including phenoxy) is 1. The Morgan fingerprint density at radius 2 is 1.86 bits per heavy atom. The molecular weight excluding hydrogens is 269 g/mol. The molecule has 1 heterocycles. The Hall–Kier alpha value is -2.62. The first-order chi connectivity index (χ1) is 10.2. The Bertz CT molecular complexity index is 735. The Kier molecular flexibility index (Phi) is 3.69. The SMILES string of the molecule is Cc1cc(-c2ccc(OCc3ccccc3F)cc2)no1. The third-order valence-electron chi connectivity index (χ3n) is 3.13. The van der Waals surface area contributed by atoms with Crippen molar-refractivity contribution in [2.45, 2.75) is 13.5 Å². The van der Waals surface area contributed by atoms with Crippen LogP contribution in [0, 0.1) is 12.7 Å². The van der Waals surface area contributed by atoms with Crippen LogP contribution in [0.15, 0.2) is 59.1 Å². The third kappa shape index (κ3) is 3.11. The molecule has 21 heavy (non-hydrogen) atoms. The standard InChI is InChI=1S/C17H14FNO2/c1-12-10-17(19-21-12)13-6-8-15(9-7-13)20-11-14-4-2-3-5-16(14)18/h2-10H,11H2,1H3. The van der Waals surface area contributed by atoms with Crippen molar-refractivity contribution >= 4 is 0 Å². The number of hydrogen-bond acceptors (Lipinski definition) is 3. The fourth-order valence-electron chi connectivity index (χ4n) is 2.00. The summed E-state index contributed by atoms with van der Waals surface area (Å²) >= 11 is 0. The zero-order valence-corrected chi connectivity index (χ0v) is 11.5. The molecule has 2 aromatic carbocycles. The minimum Gasteiger partial charge on any atom is -0.489 e. The maximum atomic E-state index is 13.5. The predicted octanol–water partition coefficient (Wildman–Crippen LogP) is 4.37. The highest BCUT2D eigenvalue weighted by Crippen LogP contribution is 2.22. The summed E-state index contributed by atoms with van der Waals surface area (Å²) in [7, 11) is 0. The Morgan fingerprint density at radius 3 is 2.52 bits per heavy atom. The first-order valence-electron chi connectivity index (χ1n) is 6.62. The molecule has 0 fully saturated rings. The van der Waals surface area contributed by atoms with Gasteiger partial charge < -0.3 is 9.26 Å². The lowest BCUT2D eigenvalue weighted by molar-refractivity contribution is 0.300. The summed E-state index contributed by atoms with van der Waals surface area (Å²) in [4.78, 5) is 0. The smallest absolute Gasteiger partial charge is 0.134 e. The average Bonchev–Trinajstić information content (AvgIpc) is 2.94. The van der Waals surface area contributed by atoms with E-state index in [9.17, 15) is 4.39 Å². The van der Waals surface area contributed by atoms with Gasteiger partial charge in [0.25, 0.3) is 0 Å². The van der Waals surface area contributed by atoms with Crippen molar-refractivity contribution in [3.8, 4) is 17.0 Å². The Balaban J connectivity index is 1.69. The molecule has 1 aromatic heterocycles. The number of aryl methyl sites for hydroxylation is 1. The van der Waals surface area contributed by atoms with Gasteiger partial charge in [-0.05, 0) is 37.3 Å². The molecule has 0 aliphatic rings. The van der Waals surface area contributed by atoms with Crippen molar-refractivity contribution in [2.75, 3.05) is 0 Å². The fraction of sp³-hybridized carbons (Fsp3) is 0.118. The van der Waals surface area contributed by atoms with E-state index in [2.05, 4.69) is 5.16 Å². The molecule has 0 saturated carbocycles. The normalized spacial score (nSPS) is 10.6. The molecule has 0 N–H and O–H groups in total. The molecule has 0 spiro atoms. The van der Waals surface area contributed by atoms with E-state index in [4.69, 9.17) is 9.26 Å². The number of hydrogen-bond donors (Lipinski definition) is 0. The molecule has 0 saturated heterocycles. The molecule has 106 valence electrons. The van der Waals surface area contributed by atoms with Crippen molar-refractivity contribution in [2.24, 2.45) is 0 Å². The van der Waals surface area contributed by atoms with Gasteiger partial charge in [-0.3, -0.25) is 0 Å². The van der Waals surface area contributed by atoms with Gasteiger partial charge in [0.2, 0.25) is 0 Å². The molecule has 0 bridgehead atoms. The van der Waals surface area contributed by atoms with Crippen LogP contribution in [-0.2, 0) is 6.61 Å². The van der Waals surface area contributed by atoms with E-state index in [1.54, 1.807) is 18.2 Å². The second kappa shape index (κ2) is 5.79. The molecule has 0 unspecified atom stereocenters. The monoisotopic (exact) mass is 283 g/mol. The Labute approximate surface area is 122 Å². The van der Waals surface area contributed by atoms with Gasteiger partial charge in [-0.2, -0.15) is 0 Å². The molecule has 0 aliphatic heterocycles. The second-order valence-electron chi connectivity index (χ2n) is 4.73. The molecular formula is C17H14FNO2. The maximum absolute atomic E-state index is 13.5. The van der Waals surface area contributed by atoms with E-state index in [1.165, 1.54) is 6.07 Å². The van der Waals surface area contributed by atoms with Gasteiger partial charge in [0.1, 0.15) is 29.6 Å². The zero-order chi connectivity index (χ0) is 14.7. The summed E-state index contributed by atoms with van der Waals surface area (Å²) in [6, 6.07) is 15.9. The van der Waals surface area contributed by atoms with E-state index in [1.807, 2.05) is 37.3 Å². The molecule has 0 radical (unpaired) electrons. The van der Waals surface area contributed by atoms with Crippen LogP contribution in [0.4, 0.5) is 4.39 Å². The third-order valence-corrected chi connectivity index (χ3v) is 3.13. The minimum absolute atomic E-state index is 0.203. The molecule has 0 amide bonds. The van der Waals surface area contributed by atoms with Crippen LogP contribution in [0.1, 0.15) is 11.3 Å². The minimum atomic E-state index is -0.257. The summed E-state index contributed by atoms with van der Waals surface area (Å²) in [5.74, 6) is 1.19. The van der Waals surface area contributed by atoms with Gasteiger partial charge >= 0.3 is 0 Å². The lowest BCUT2D eigenvalue weighted by Crippen LogP contribution is -1.97. The molecule has 0 aliphatic carbocycles. The second-order valence-corrected chi connectivity index (χ2v) is 4.73. The number of nitrogens with zero attached hydrogens (tertiary/aromatic N) is 1. The highest BCUT2D eigenvalue weighted by Gasteiger charge is 2.05. The number of aromatic nitrogens is 1. The van der Waals surface area contributed by atoms with E-state index in [0.29, 0.717) is 11.3 Å². The summed E-state index contributed by atoms with van der Waals surface area (Å²) in [5, 5.41) is 3.96. The highest BCUT2D eigenvalue weighted by atomic mass is 19.1. The molecule has 3 aromatic rings. The summed E-state index contributed by atoms with van der Waals surface area (Å²) < 4.78 is 24.1. The maximum Gasteiger partial charge on any atom is 0.134 e. The van der Waals surface area contributed by atoms with Gasteiger partial charge in [-0.1, -0.05) is 23.4 Å². The summed E-state index contributed by atoms with van der Waals surface area (Å²) in [6.07, 6.45) is 0. The fourth-order valence-corrected chi connectivity index (χ4v) is 2.00.